The van der Waals surface area contributed by atoms with Gasteiger partial charge in [-0.1, -0.05) is 33.6 Å². The lowest BCUT2D eigenvalue weighted by Gasteiger charge is -2.12. The first-order valence-electron chi connectivity index (χ1n) is 7.82. The molecule has 0 heterocycles. The predicted molar refractivity (Wildman–Crippen MR) is 104 cm³/mol. The van der Waals surface area contributed by atoms with E-state index in [-0.39, 0.29) is 13.2 Å². The van der Waals surface area contributed by atoms with Gasteiger partial charge in [-0.15, -0.1) is 0 Å². The number of halogens is 2. The molecule has 0 aliphatic rings. The third-order valence-corrected chi connectivity index (χ3v) is 4.06. The second-order valence-electron chi connectivity index (χ2n) is 5.40. The van der Waals surface area contributed by atoms with E-state index >= 15 is 0 Å². The van der Waals surface area contributed by atoms with Crippen LogP contribution in [0, 0.1) is 6.92 Å². The molecule has 9 heteroatoms. The number of amides is 2. The van der Waals surface area contributed by atoms with Crippen molar-refractivity contribution in [2.24, 2.45) is 0 Å². The Bertz CT molecular complexity index is 831. The third-order valence-electron chi connectivity index (χ3n) is 3.27. The highest BCUT2D eigenvalue weighted by atomic mass is 79.9. The smallest absolute Gasteiger partial charge is 0.276 e. The molecular formula is C18H18BrClN2O5. The molecular weight excluding hydrogens is 440 g/mol. The topological polar surface area (TPSA) is 85.9 Å². The van der Waals surface area contributed by atoms with Crippen molar-refractivity contribution >= 4 is 39.3 Å². The van der Waals surface area contributed by atoms with Crippen molar-refractivity contribution in [1.29, 1.82) is 0 Å². The highest BCUT2D eigenvalue weighted by Crippen LogP contribution is 2.28. The molecule has 144 valence electrons. The maximum atomic E-state index is 11.8. The first-order chi connectivity index (χ1) is 12.9. The lowest BCUT2D eigenvalue weighted by atomic mass is 10.2. The second kappa shape index (κ2) is 10.0. The van der Waals surface area contributed by atoms with Crippen molar-refractivity contribution in [2.75, 3.05) is 20.3 Å². The van der Waals surface area contributed by atoms with Crippen LogP contribution in [0.5, 0.6) is 17.2 Å². The molecule has 0 saturated carbocycles. The average Bonchev–Trinajstić information content (AvgIpc) is 2.64. The van der Waals surface area contributed by atoms with Crippen LogP contribution in [0.4, 0.5) is 0 Å². The molecule has 0 saturated heterocycles. The van der Waals surface area contributed by atoms with Crippen molar-refractivity contribution in [1.82, 2.24) is 10.9 Å². The minimum absolute atomic E-state index is 0.293. The maximum Gasteiger partial charge on any atom is 0.276 e. The van der Waals surface area contributed by atoms with Crippen LogP contribution in [0.1, 0.15) is 5.56 Å². The molecule has 0 aliphatic heterocycles. The van der Waals surface area contributed by atoms with Crippen LogP contribution in [0.3, 0.4) is 0 Å². The Morgan fingerprint density at radius 3 is 2.15 bits per heavy atom. The molecule has 0 bridgehead atoms. The summed E-state index contributed by atoms with van der Waals surface area (Å²) in [6, 6.07) is 10.3. The Morgan fingerprint density at radius 1 is 0.963 bits per heavy atom. The van der Waals surface area contributed by atoms with Crippen LogP contribution in [0.25, 0.3) is 0 Å². The quantitative estimate of drug-likeness (QED) is 0.624. The SMILES string of the molecule is COc1cc(C)ccc1OCC(=O)NNC(=O)COc1ccc(Br)cc1Cl. The number of hydrogen-bond donors (Lipinski definition) is 2. The molecule has 2 aromatic rings. The molecule has 0 spiro atoms. The summed E-state index contributed by atoms with van der Waals surface area (Å²) in [6.45, 7) is 1.31. The summed E-state index contributed by atoms with van der Waals surface area (Å²) in [5, 5.41) is 0.363. The molecule has 0 aliphatic carbocycles. The minimum Gasteiger partial charge on any atom is -0.493 e. The fraction of sp³-hybridized carbons (Fsp3) is 0.222. The van der Waals surface area contributed by atoms with Crippen LogP contribution < -0.4 is 25.1 Å². The minimum atomic E-state index is -0.546. The predicted octanol–water partition coefficient (Wildman–Crippen LogP) is 3.02. The van der Waals surface area contributed by atoms with Gasteiger partial charge in [0.1, 0.15) is 5.75 Å². The van der Waals surface area contributed by atoms with Gasteiger partial charge in [0.25, 0.3) is 11.8 Å². The summed E-state index contributed by atoms with van der Waals surface area (Å²) in [5.41, 5.74) is 5.47. The van der Waals surface area contributed by atoms with E-state index in [0.717, 1.165) is 10.0 Å². The first-order valence-corrected chi connectivity index (χ1v) is 8.99. The number of nitrogens with one attached hydrogen (secondary N) is 2. The molecule has 2 rings (SSSR count). The highest BCUT2D eigenvalue weighted by Gasteiger charge is 2.10. The summed E-state index contributed by atoms with van der Waals surface area (Å²) in [5.74, 6) is 0.225. The first kappa shape index (κ1) is 20.9. The van der Waals surface area contributed by atoms with Gasteiger partial charge in [-0.3, -0.25) is 20.4 Å². The number of rotatable bonds is 7. The molecule has 0 fully saturated rings. The zero-order valence-electron chi connectivity index (χ0n) is 14.7. The number of ether oxygens (including phenoxy) is 3. The van der Waals surface area contributed by atoms with E-state index in [1.165, 1.54) is 7.11 Å². The van der Waals surface area contributed by atoms with Gasteiger partial charge in [0.2, 0.25) is 0 Å². The van der Waals surface area contributed by atoms with E-state index in [1.807, 2.05) is 13.0 Å². The summed E-state index contributed by atoms with van der Waals surface area (Å²) in [6.07, 6.45) is 0. The van der Waals surface area contributed by atoms with Gasteiger partial charge in [-0.2, -0.15) is 0 Å². The third kappa shape index (κ3) is 6.65. The van der Waals surface area contributed by atoms with Crippen LogP contribution >= 0.6 is 27.5 Å². The number of carbonyl (C=O) groups excluding carboxylic acids is 2. The zero-order chi connectivity index (χ0) is 19.8. The van der Waals surface area contributed by atoms with Gasteiger partial charge < -0.3 is 14.2 Å². The lowest BCUT2D eigenvalue weighted by molar-refractivity contribution is -0.131. The van der Waals surface area contributed by atoms with Crippen molar-refractivity contribution in [3.8, 4) is 17.2 Å². The second-order valence-corrected chi connectivity index (χ2v) is 6.73. The number of hydrazine groups is 1. The molecule has 2 aromatic carbocycles. The number of benzene rings is 2. The van der Waals surface area contributed by atoms with Crippen molar-refractivity contribution < 1.29 is 23.8 Å². The van der Waals surface area contributed by atoms with Crippen LogP contribution in [0.2, 0.25) is 5.02 Å². The molecule has 7 nitrogen and oxygen atoms in total. The van der Waals surface area contributed by atoms with Crippen LogP contribution in [-0.4, -0.2) is 32.1 Å². The van der Waals surface area contributed by atoms with E-state index < -0.39 is 11.8 Å². The van der Waals surface area contributed by atoms with Gasteiger partial charge >= 0.3 is 0 Å². The Kier molecular flexibility index (Phi) is 7.75. The van der Waals surface area contributed by atoms with Crippen molar-refractivity contribution in [2.45, 2.75) is 6.92 Å². The van der Waals surface area contributed by atoms with Crippen molar-refractivity contribution in [3.05, 3.63) is 51.5 Å². The molecule has 2 amide bonds. The fourth-order valence-electron chi connectivity index (χ4n) is 1.98. The summed E-state index contributed by atoms with van der Waals surface area (Å²) in [4.78, 5) is 23.5. The molecule has 0 radical (unpaired) electrons. The molecule has 0 atom stereocenters. The van der Waals surface area contributed by atoms with E-state index in [2.05, 4.69) is 26.8 Å². The largest absolute Gasteiger partial charge is 0.493 e. The maximum absolute atomic E-state index is 11.8. The summed E-state index contributed by atoms with van der Waals surface area (Å²) >= 11 is 9.27. The monoisotopic (exact) mass is 456 g/mol. The molecule has 27 heavy (non-hydrogen) atoms. The Hall–Kier alpha value is -2.45. The molecule has 0 unspecified atom stereocenters. The summed E-state index contributed by atoms with van der Waals surface area (Å²) in [7, 11) is 1.51. The van der Waals surface area contributed by atoms with Crippen molar-refractivity contribution in [3.63, 3.8) is 0 Å². The Labute approximate surface area is 170 Å². The highest BCUT2D eigenvalue weighted by molar-refractivity contribution is 9.10. The van der Waals surface area contributed by atoms with Gasteiger partial charge in [0.15, 0.2) is 24.7 Å². The van der Waals surface area contributed by atoms with Gasteiger partial charge in [0.05, 0.1) is 12.1 Å². The molecule has 2 N–H and O–H groups in total. The number of methoxy groups -OCH3 is 1. The Balaban J connectivity index is 1.74. The van der Waals surface area contributed by atoms with Gasteiger partial charge in [-0.25, -0.2) is 0 Å². The standard InChI is InChI=1S/C18H18BrClN2O5/c1-11-3-5-15(16(7-11)25-2)27-10-18(24)22-21-17(23)9-26-14-6-4-12(19)8-13(14)20/h3-8H,9-10H2,1-2H3,(H,21,23)(H,22,24). The normalized spacial score (nSPS) is 10.1. The number of carbonyl (C=O) groups is 2. The van der Waals surface area contributed by atoms with E-state index in [9.17, 15) is 9.59 Å². The van der Waals surface area contributed by atoms with Crippen LogP contribution in [-0.2, 0) is 9.59 Å². The number of hydrogen-bond acceptors (Lipinski definition) is 5. The number of aryl methyl sites for hydroxylation is 1. The Morgan fingerprint density at radius 2 is 1.56 bits per heavy atom. The summed E-state index contributed by atoms with van der Waals surface area (Å²) < 4.78 is 16.7. The van der Waals surface area contributed by atoms with E-state index in [1.54, 1.807) is 30.3 Å². The van der Waals surface area contributed by atoms with Gasteiger partial charge in [0, 0.05) is 4.47 Å². The lowest BCUT2D eigenvalue weighted by Crippen LogP contribution is -2.45. The van der Waals surface area contributed by atoms with E-state index in [0.29, 0.717) is 22.3 Å². The average molecular weight is 458 g/mol. The zero-order valence-corrected chi connectivity index (χ0v) is 17.0. The molecule has 0 aromatic heterocycles. The fourth-order valence-corrected chi connectivity index (χ4v) is 2.71. The van der Waals surface area contributed by atoms with E-state index in [4.69, 9.17) is 25.8 Å². The van der Waals surface area contributed by atoms with Gasteiger partial charge in [-0.05, 0) is 42.8 Å². The van der Waals surface area contributed by atoms with Crippen LogP contribution in [0.15, 0.2) is 40.9 Å².